The second-order valence-corrected chi connectivity index (χ2v) is 6.21. The van der Waals surface area contributed by atoms with E-state index in [0.717, 1.165) is 18.2 Å². The maximum atomic E-state index is 12.3. The van der Waals surface area contributed by atoms with E-state index >= 15 is 0 Å². The van der Waals surface area contributed by atoms with Crippen molar-refractivity contribution in [3.63, 3.8) is 0 Å². The lowest BCUT2D eigenvalue weighted by atomic mass is 10.1. The van der Waals surface area contributed by atoms with Gasteiger partial charge in [0.25, 0.3) is 10.0 Å². The molecule has 1 aromatic heterocycles. The van der Waals surface area contributed by atoms with E-state index in [1.165, 1.54) is 19.2 Å². The zero-order valence-electron chi connectivity index (χ0n) is 12.2. The Labute approximate surface area is 129 Å². The molecule has 0 bridgehead atoms. The van der Waals surface area contributed by atoms with Crippen molar-refractivity contribution in [2.24, 2.45) is 0 Å². The van der Waals surface area contributed by atoms with Crippen molar-refractivity contribution in [2.45, 2.75) is 18.2 Å². The van der Waals surface area contributed by atoms with Gasteiger partial charge in [-0.05, 0) is 36.2 Å². The molecule has 0 unspecified atom stereocenters. The van der Waals surface area contributed by atoms with Gasteiger partial charge < -0.3 is 4.74 Å². The van der Waals surface area contributed by atoms with Crippen molar-refractivity contribution in [1.82, 2.24) is 4.98 Å². The molecule has 2 aromatic rings. The first-order valence-electron chi connectivity index (χ1n) is 6.62. The van der Waals surface area contributed by atoms with Crippen LogP contribution < -0.4 is 4.72 Å². The van der Waals surface area contributed by atoms with Crippen LogP contribution in [-0.4, -0.2) is 26.5 Å². The first kappa shape index (κ1) is 16.0. The van der Waals surface area contributed by atoms with Crippen LogP contribution in [0.2, 0.25) is 0 Å². The number of hydrogen-bond acceptors (Lipinski definition) is 5. The van der Waals surface area contributed by atoms with E-state index < -0.39 is 16.0 Å². The summed E-state index contributed by atoms with van der Waals surface area (Å²) < 4.78 is 31.6. The SMILES string of the molecule is CCc1cccc(NS(=O)(=O)c2ccc(C(=O)OC)nc2)c1. The molecule has 1 N–H and O–H groups in total. The zero-order chi connectivity index (χ0) is 16.2. The predicted molar refractivity (Wildman–Crippen MR) is 82.2 cm³/mol. The average Bonchev–Trinajstić information content (AvgIpc) is 2.54. The number of benzene rings is 1. The Bertz CT molecular complexity index is 770. The molecular formula is C15H16N2O4S. The van der Waals surface area contributed by atoms with E-state index in [-0.39, 0.29) is 10.6 Å². The first-order chi connectivity index (χ1) is 10.5. The van der Waals surface area contributed by atoms with E-state index in [1.807, 2.05) is 13.0 Å². The minimum atomic E-state index is -3.75. The smallest absolute Gasteiger partial charge is 0.356 e. The molecule has 0 amide bonds. The molecule has 7 heteroatoms. The number of carbonyl (C=O) groups is 1. The molecule has 0 aliphatic rings. The van der Waals surface area contributed by atoms with E-state index in [2.05, 4.69) is 14.4 Å². The third-order valence-corrected chi connectivity index (χ3v) is 4.40. The van der Waals surface area contributed by atoms with Gasteiger partial charge in [0, 0.05) is 11.9 Å². The molecule has 0 radical (unpaired) electrons. The second-order valence-electron chi connectivity index (χ2n) is 4.53. The number of aromatic nitrogens is 1. The molecular weight excluding hydrogens is 304 g/mol. The molecule has 6 nitrogen and oxygen atoms in total. The molecule has 0 fully saturated rings. The quantitative estimate of drug-likeness (QED) is 0.854. The van der Waals surface area contributed by atoms with E-state index in [1.54, 1.807) is 18.2 Å². The number of esters is 1. The van der Waals surface area contributed by atoms with Crippen LogP contribution in [0.5, 0.6) is 0 Å². The Hall–Kier alpha value is -2.41. The molecule has 0 saturated heterocycles. The largest absolute Gasteiger partial charge is 0.464 e. The number of pyridine rings is 1. The van der Waals surface area contributed by atoms with Crippen LogP contribution in [0, 0.1) is 0 Å². The third kappa shape index (κ3) is 3.62. The third-order valence-electron chi connectivity index (χ3n) is 3.03. The number of anilines is 1. The molecule has 0 aliphatic carbocycles. The Morgan fingerprint density at radius 1 is 1.27 bits per heavy atom. The molecule has 1 heterocycles. The van der Waals surface area contributed by atoms with Gasteiger partial charge in [0.1, 0.15) is 10.6 Å². The number of nitrogens with one attached hydrogen (secondary N) is 1. The topological polar surface area (TPSA) is 85.4 Å². The fourth-order valence-electron chi connectivity index (χ4n) is 1.83. The van der Waals surface area contributed by atoms with Crippen LogP contribution >= 0.6 is 0 Å². The number of methoxy groups -OCH3 is 1. The number of nitrogens with zero attached hydrogens (tertiary/aromatic N) is 1. The van der Waals surface area contributed by atoms with Crippen molar-refractivity contribution >= 4 is 21.7 Å². The monoisotopic (exact) mass is 320 g/mol. The summed E-state index contributed by atoms with van der Waals surface area (Å²) in [5.74, 6) is -0.618. The molecule has 0 saturated carbocycles. The molecule has 116 valence electrons. The van der Waals surface area contributed by atoms with Crippen LogP contribution in [0.15, 0.2) is 47.5 Å². The van der Waals surface area contributed by atoms with Crippen LogP contribution in [0.25, 0.3) is 0 Å². The molecule has 22 heavy (non-hydrogen) atoms. The van der Waals surface area contributed by atoms with E-state index in [0.29, 0.717) is 5.69 Å². The van der Waals surface area contributed by atoms with Gasteiger partial charge in [-0.3, -0.25) is 4.72 Å². The number of rotatable bonds is 5. The fraction of sp³-hybridized carbons (Fsp3) is 0.200. The first-order valence-corrected chi connectivity index (χ1v) is 8.10. The number of aryl methyl sites for hydroxylation is 1. The van der Waals surface area contributed by atoms with Crippen LogP contribution in [0.4, 0.5) is 5.69 Å². The predicted octanol–water partition coefficient (Wildman–Crippen LogP) is 2.23. The Balaban J connectivity index is 2.24. The summed E-state index contributed by atoms with van der Waals surface area (Å²) in [6.07, 6.45) is 1.93. The minimum absolute atomic E-state index is 0.0259. The van der Waals surface area contributed by atoms with Gasteiger partial charge in [0.2, 0.25) is 0 Å². The molecule has 0 spiro atoms. The molecule has 0 atom stereocenters. The summed E-state index contributed by atoms with van der Waals surface area (Å²) in [7, 11) is -2.52. The summed E-state index contributed by atoms with van der Waals surface area (Å²) in [5, 5.41) is 0. The van der Waals surface area contributed by atoms with E-state index in [9.17, 15) is 13.2 Å². The fourth-order valence-corrected chi connectivity index (χ4v) is 2.83. The zero-order valence-corrected chi connectivity index (χ0v) is 13.1. The highest BCUT2D eigenvalue weighted by molar-refractivity contribution is 7.92. The summed E-state index contributed by atoms with van der Waals surface area (Å²) in [5.41, 5.74) is 1.56. The minimum Gasteiger partial charge on any atom is -0.464 e. The highest BCUT2D eigenvalue weighted by atomic mass is 32.2. The van der Waals surface area contributed by atoms with Gasteiger partial charge in [-0.1, -0.05) is 19.1 Å². The van der Waals surface area contributed by atoms with Gasteiger partial charge >= 0.3 is 5.97 Å². The lowest BCUT2D eigenvalue weighted by molar-refractivity contribution is 0.0594. The summed E-state index contributed by atoms with van der Waals surface area (Å²) in [6.45, 7) is 1.99. The van der Waals surface area contributed by atoms with Gasteiger partial charge in [0.15, 0.2) is 0 Å². The van der Waals surface area contributed by atoms with Crippen molar-refractivity contribution < 1.29 is 17.9 Å². The average molecular weight is 320 g/mol. The maximum Gasteiger partial charge on any atom is 0.356 e. The van der Waals surface area contributed by atoms with Crippen LogP contribution in [0.1, 0.15) is 23.0 Å². The van der Waals surface area contributed by atoms with Gasteiger partial charge in [-0.2, -0.15) is 0 Å². The number of carbonyl (C=O) groups excluding carboxylic acids is 1. The summed E-state index contributed by atoms with van der Waals surface area (Å²) in [4.78, 5) is 15.1. The van der Waals surface area contributed by atoms with Crippen molar-refractivity contribution in [1.29, 1.82) is 0 Å². The second kappa shape index (κ2) is 6.57. The molecule has 0 aliphatic heterocycles. The van der Waals surface area contributed by atoms with Crippen molar-refractivity contribution in [3.8, 4) is 0 Å². The van der Waals surface area contributed by atoms with E-state index in [4.69, 9.17) is 0 Å². The summed E-state index contributed by atoms with van der Waals surface area (Å²) in [6, 6.07) is 9.77. The van der Waals surface area contributed by atoms with Crippen molar-refractivity contribution in [3.05, 3.63) is 53.9 Å². The molecule has 2 rings (SSSR count). The van der Waals surface area contributed by atoms with Crippen molar-refractivity contribution in [2.75, 3.05) is 11.8 Å². The van der Waals surface area contributed by atoms with Gasteiger partial charge in [-0.25, -0.2) is 18.2 Å². The van der Waals surface area contributed by atoms with Gasteiger partial charge in [0.05, 0.1) is 7.11 Å². The highest BCUT2D eigenvalue weighted by Gasteiger charge is 2.16. The normalized spacial score (nSPS) is 11.0. The molecule has 1 aromatic carbocycles. The van der Waals surface area contributed by atoms with Crippen LogP contribution in [0.3, 0.4) is 0 Å². The lowest BCUT2D eigenvalue weighted by Gasteiger charge is -2.09. The lowest BCUT2D eigenvalue weighted by Crippen LogP contribution is -2.14. The summed E-state index contributed by atoms with van der Waals surface area (Å²) >= 11 is 0. The van der Waals surface area contributed by atoms with Crippen LogP contribution in [-0.2, 0) is 21.2 Å². The highest BCUT2D eigenvalue weighted by Crippen LogP contribution is 2.17. The maximum absolute atomic E-state index is 12.3. The Morgan fingerprint density at radius 3 is 2.64 bits per heavy atom. The number of ether oxygens (including phenoxy) is 1. The number of hydrogen-bond donors (Lipinski definition) is 1. The Morgan fingerprint density at radius 2 is 2.05 bits per heavy atom. The number of sulfonamides is 1. The standard InChI is InChI=1S/C15H16N2O4S/c1-3-11-5-4-6-12(9-11)17-22(19,20)13-7-8-14(16-10-13)15(18)21-2/h4-10,17H,3H2,1-2H3. The Kier molecular flexibility index (Phi) is 4.77. The van der Waals surface area contributed by atoms with Gasteiger partial charge in [-0.15, -0.1) is 0 Å².